The molecular formula is C18H17BrN2O3. The normalized spacial score (nSPS) is 17.0. The van der Waals surface area contributed by atoms with Crippen LogP contribution in [0.4, 0.5) is 11.4 Å². The Morgan fingerprint density at radius 1 is 1.25 bits per heavy atom. The highest BCUT2D eigenvalue weighted by Gasteiger charge is 2.35. The highest BCUT2D eigenvalue weighted by molar-refractivity contribution is 9.10. The van der Waals surface area contributed by atoms with E-state index in [1.54, 1.807) is 24.1 Å². The first-order chi connectivity index (χ1) is 11.6. The molecule has 5 nitrogen and oxygen atoms in total. The number of anilines is 2. The van der Waals surface area contributed by atoms with Crippen molar-refractivity contribution in [1.29, 1.82) is 0 Å². The average molecular weight is 389 g/mol. The number of carbonyl (C=O) groups excluding carboxylic acids is 2. The van der Waals surface area contributed by atoms with Gasteiger partial charge in [-0.25, -0.2) is 0 Å². The van der Waals surface area contributed by atoms with E-state index >= 15 is 0 Å². The number of carbonyl (C=O) groups is 2. The van der Waals surface area contributed by atoms with E-state index < -0.39 is 0 Å². The van der Waals surface area contributed by atoms with Crippen molar-refractivity contribution in [3.63, 3.8) is 0 Å². The fourth-order valence-corrected chi connectivity index (χ4v) is 3.15. The van der Waals surface area contributed by atoms with Crippen molar-refractivity contribution >= 4 is 39.1 Å². The monoisotopic (exact) mass is 388 g/mol. The zero-order chi connectivity index (χ0) is 17.1. The van der Waals surface area contributed by atoms with Gasteiger partial charge < -0.3 is 15.0 Å². The SMILES string of the molecule is COc1ccccc1NC(=O)[C@H]1CC(=O)N(c2cccc(Br)c2)C1. The third kappa shape index (κ3) is 3.43. The molecule has 124 valence electrons. The topological polar surface area (TPSA) is 58.6 Å². The molecule has 0 aliphatic carbocycles. The summed E-state index contributed by atoms with van der Waals surface area (Å²) in [7, 11) is 1.55. The summed E-state index contributed by atoms with van der Waals surface area (Å²) in [5, 5.41) is 2.86. The number of rotatable bonds is 4. The van der Waals surface area contributed by atoms with Crippen molar-refractivity contribution in [2.45, 2.75) is 6.42 Å². The van der Waals surface area contributed by atoms with Gasteiger partial charge >= 0.3 is 0 Å². The Labute approximate surface area is 148 Å². The van der Waals surface area contributed by atoms with Gasteiger partial charge in [0.1, 0.15) is 5.75 Å². The maximum absolute atomic E-state index is 12.5. The molecule has 0 saturated carbocycles. The molecule has 1 aliphatic heterocycles. The number of ether oxygens (including phenoxy) is 1. The fourth-order valence-electron chi connectivity index (χ4n) is 2.76. The van der Waals surface area contributed by atoms with Crippen molar-refractivity contribution in [1.82, 2.24) is 0 Å². The summed E-state index contributed by atoms with van der Waals surface area (Å²) in [4.78, 5) is 26.4. The van der Waals surface area contributed by atoms with Gasteiger partial charge in [0.15, 0.2) is 0 Å². The van der Waals surface area contributed by atoms with E-state index in [1.165, 1.54) is 0 Å². The number of nitrogens with one attached hydrogen (secondary N) is 1. The lowest BCUT2D eigenvalue weighted by atomic mass is 10.1. The Hall–Kier alpha value is -2.34. The van der Waals surface area contributed by atoms with Crippen LogP contribution in [0, 0.1) is 5.92 Å². The van der Waals surface area contributed by atoms with Crippen molar-refractivity contribution < 1.29 is 14.3 Å². The third-order valence-electron chi connectivity index (χ3n) is 3.98. The molecule has 6 heteroatoms. The standard InChI is InChI=1S/C18H17BrN2O3/c1-24-16-8-3-2-7-15(16)20-18(23)12-9-17(22)21(11-12)14-6-4-5-13(19)10-14/h2-8,10,12H,9,11H2,1H3,(H,20,23)/t12-/m0/s1. The number of benzene rings is 2. The van der Waals surface area contributed by atoms with Gasteiger partial charge in [0.05, 0.1) is 18.7 Å². The van der Waals surface area contributed by atoms with Crippen molar-refractivity contribution in [2.24, 2.45) is 5.92 Å². The Morgan fingerprint density at radius 2 is 2.04 bits per heavy atom. The van der Waals surface area contributed by atoms with Gasteiger partial charge in [-0.15, -0.1) is 0 Å². The average Bonchev–Trinajstić information content (AvgIpc) is 2.97. The minimum atomic E-state index is -0.388. The molecule has 1 aliphatic rings. The van der Waals surface area contributed by atoms with E-state index in [0.717, 1.165) is 10.2 Å². The van der Waals surface area contributed by atoms with Crippen LogP contribution in [-0.2, 0) is 9.59 Å². The summed E-state index contributed by atoms with van der Waals surface area (Å²) >= 11 is 3.40. The molecule has 1 fully saturated rings. The molecule has 0 aromatic heterocycles. The van der Waals surface area contributed by atoms with E-state index in [4.69, 9.17) is 4.74 Å². The maximum Gasteiger partial charge on any atom is 0.229 e. The van der Waals surface area contributed by atoms with Crippen molar-refractivity contribution in [3.05, 3.63) is 53.0 Å². The summed E-state index contributed by atoms with van der Waals surface area (Å²) in [6, 6.07) is 14.7. The van der Waals surface area contributed by atoms with Crippen molar-refractivity contribution in [2.75, 3.05) is 23.9 Å². The Kier molecular flexibility index (Phi) is 4.85. The molecule has 2 aromatic rings. The Bertz CT molecular complexity index is 778. The number of methoxy groups -OCH3 is 1. The van der Waals surface area contributed by atoms with E-state index in [1.807, 2.05) is 36.4 Å². The van der Waals surface area contributed by atoms with Crippen LogP contribution < -0.4 is 15.0 Å². The minimum absolute atomic E-state index is 0.0479. The van der Waals surface area contributed by atoms with Crippen LogP contribution in [0.25, 0.3) is 0 Å². The lowest BCUT2D eigenvalue weighted by molar-refractivity contribution is -0.122. The van der Waals surface area contributed by atoms with E-state index in [-0.39, 0.29) is 24.2 Å². The highest BCUT2D eigenvalue weighted by atomic mass is 79.9. The zero-order valence-electron chi connectivity index (χ0n) is 13.2. The van der Waals surface area contributed by atoms with Crippen LogP contribution in [0.5, 0.6) is 5.75 Å². The molecule has 0 bridgehead atoms. The van der Waals surface area contributed by atoms with Crippen LogP contribution in [0.15, 0.2) is 53.0 Å². The second-order valence-electron chi connectivity index (χ2n) is 5.57. The van der Waals surface area contributed by atoms with Crippen molar-refractivity contribution in [3.8, 4) is 5.75 Å². The van der Waals surface area contributed by atoms with E-state index in [9.17, 15) is 9.59 Å². The number of halogens is 1. The number of nitrogens with zero attached hydrogens (tertiary/aromatic N) is 1. The van der Waals surface area contributed by atoms with Gasteiger partial charge in [0.25, 0.3) is 0 Å². The van der Waals surface area contributed by atoms with Crippen LogP contribution >= 0.6 is 15.9 Å². The molecule has 1 atom stereocenters. The summed E-state index contributed by atoms with van der Waals surface area (Å²) < 4.78 is 6.13. The first-order valence-corrected chi connectivity index (χ1v) is 8.37. The van der Waals surface area contributed by atoms with Crippen LogP contribution in [-0.4, -0.2) is 25.5 Å². The first-order valence-electron chi connectivity index (χ1n) is 7.58. The molecule has 24 heavy (non-hydrogen) atoms. The lowest BCUT2D eigenvalue weighted by Gasteiger charge is -2.17. The predicted molar refractivity (Wildman–Crippen MR) is 96.2 cm³/mol. The van der Waals surface area contributed by atoms with Gasteiger partial charge in [-0.3, -0.25) is 9.59 Å². The van der Waals surface area contributed by atoms with Gasteiger partial charge in [-0.1, -0.05) is 34.1 Å². The zero-order valence-corrected chi connectivity index (χ0v) is 14.7. The quantitative estimate of drug-likeness (QED) is 0.872. The molecule has 2 aromatic carbocycles. The smallest absolute Gasteiger partial charge is 0.229 e. The van der Waals surface area contributed by atoms with Gasteiger partial charge in [-0.05, 0) is 30.3 Å². The van der Waals surface area contributed by atoms with Crippen LogP contribution in [0.3, 0.4) is 0 Å². The second-order valence-corrected chi connectivity index (χ2v) is 6.49. The molecular weight excluding hydrogens is 372 g/mol. The van der Waals surface area contributed by atoms with Crippen LogP contribution in [0.2, 0.25) is 0 Å². The number of hydrogen-bond donors (Lipinski definition) is 1. The molecule has 0 radical (unpaired) electrons. The minimum Gasteiger partial charge on any atom is -0.495 e. The number of para-hydroxylation sites is 2. The second kappa shape index (κ2) is 7.05. The maximum atomic E-state index is 12.5. The third-order valence-corrected chi connectivity index (χ3v) is 4.47. The van der Waals surface area contributed by atoms with E-state index in [2.05, 4.69) is 21.2 Å². The molecule has 3 rings (SSSR count). The van der Waals surface area contributed by atoms with Crippen LogP contribution in [0.1, 0.15) is 6.42 Å². The van der Waals surface area contributed by atoms with E-state index in [0.29, 0.717) is 18.0 Å². The highest BCUT2D eigenvalue weighted by Crippen LogP contribution is 2.29. The molecule has 0 spiro atoms. The molecule has 1 N–H and O–H groups in total. The summed E-state index contributed by atoms with van der Waals surface area (Å²) in [6.45, 7) is 0.371. The Morgan fingerprint density at radius 3 is 2.79 bits per heavy atom. The Balaban J connectivity index is 1.72. The van der Waals surface area contributed by atoms with Gasteiger partial charge in [-0.2, -0.15) is 0 Å². The summed E-state index contributed by atoms with van der Waals surface area (Å²) in [5.41, 5.74) is 1.40. The fraction of sp³-hybridized carbons (Fsp3) is 0.222. The first kappa shape index (κ1) is 16.5. The molecule has 0 unspecified atom stereocenters. The lowest BCUT2D eigenvalue weighted by Crippen LogP contribution is -2.28. The summed E-state index contributed by atoms with van der Waals surface area (Å²) in [5.74, 6) is -0.0148. The predicted octanol–water partition coefficient (Wildman–Crippen LogP) is 3.45. The van der Waals surface area contributed by atoms with Gasteiger partial charge in [0.2, 0.25) is 11.8 Å². The molecule has 2 amide bonds. The number of amides is 2. The molecule has 1 saturated heterocycles. The summed E-state index contributed by atoms with van der Waals surface area (Å²) in [6.07, 6.45) is 0.202. The molecule has 1 heterocycles. The number of hydrogen-bond acceptors (Lipinski definition) is 3. The van der Waals surface area contributed by atoms with Gasteiger partial charge in [0, 0.05) is 23.1 Å². The largest absolute Gasteiger partial charge is 0.495 e.